The lowest BCUT2D eigenvalue weighted by molar-refractivity contribution is 0.311. The second kappa shape index (κ2) is 6.11. The van der Waals surface area contributed by atoms with Crippen LogP contribution in [0.25, 0.3) is 0 Å². The van der Waals surface area contributed by atoms with E-state index in [0.29, 0.717) is 4.21 Å². The minimum Gasteiger partial charge on any atom is -0.301 e. The molecule has 0 aliphatic heterocycles. The average Bonchev–Trinajstić information content (AvgIpc) is 2.67. The van der Waals surface area contributed by atoms with E-state index in [-0.39, 0.29) is 6.04 Å². The van der Waals surface area contributed by atoms with E-state index in [0.717, 1.165) is 23.4 Å². The average molecular weight is 312 g/mol. The second-order valence-corrected chi connectivity index (χ2v) is 8.27. The van der Waals surface area contributed by atoms with Crippen LogP contribution in [0, 0.1) is 6.92 Å². The van der Waals surface area contributed by atoms with Crippen molar-refractivity contribution in [2.45, 2.75) is 30.0 Å². The molecule has 6 heteroatoms. The maximum Gasteiger partial charge on any atom is 0.271 e. The molecule has 0 saturated heterocycles. The highest BCUT2D eigenvalue weighted by atomic mass is 32.2. The molecule has 4 nitrogen and oxygen atoms in total. The Kier molecular flexibility index (Phi) is 4.67. The lowest BCUT2D eigenvalue weighted by Crippen LogP contribution is -2.37. The van der Waals surface area contributed by atoms with Gasteiger partial charge in [0, 0.05) is 10.6 Å². The number of nitrogens with one attached hydrogen (secondary N) is 1. The first-order valence-electron chi connectivity index (χ1n) is 6.52. The van der Waals surface area contributed by atoms with E-state index < -0.39 is 10.0 Å². The molecular formula is C14H20N2O2S2. The van der Waals surface area contributed by atoms with Crippen molar-refractivity contribution < 1.29 is 8.42 Å². The number of hydrogen-bond donors (Lipinski definition) is 1. The topological polar surface area (TPSA) is 49.4 Å². The van der Waals surface area contributed by atoms with Crippen molar-refractivity contribution in [3.63, 3.8) is 0 Å². The van der Waals surface area contributed by atoms with Crippen LogP contribution in [0.1, 0.15) is 17.7 Å². The third-order valence-corrected chi connectivity index (χ3v) is 6.11. The Balaban J connectivity index is 2.26. The maximum atomic E-state index is 12.4. The fraction of sp³-hybridized carbons (Fsp3) is 0.429. The molecular weight excluding hydrogens is 292 g/mol. The first-order chi connectivity index (χ1) is 9.40. The second-order valence-electron chi connectivity index (χ2n) is 5.08. The minimum atomic E-state index is -3.48. The van der Waals surface area contributed by atoms with Crippen LogP contribution in [0.5, 0.6) is 0 Å². The van der Waals surface area contributed by atoms with Crippen LogP contribution < -0.4 is 4.72 Å². The lowest BCUT2D eigenvalue weighted by Gasteiger charge is -2.26. The molecule has 0 radical (unpaired) electrons. The van der Waals surface area contributed by atoms with E-state index in [1.54, 1.807) is 6.07 Å². The molecule has 2 rings (SSSR count). The van der Waals surface area contributed by atoms with E-state index in [1.165, 1.54) is 11.3 Å². The molecule has 1 aliphatic carbocycles. The van der Waals surface area contributed by atoms with Gasteiger partial charge in [-0.15, -0.1) is 11.3 Å². The van der Waals surface area contributed by atoms with Crippen molar-refractivity contribution in [2.75, 3.05) is 14.1 Å². The van der Waals surface area contributed by atoms with Gasteiger partial charge in [0.05, 0.1) is 6.04 Å². The zero-order valence-electron chi connectivity index (χ0n) is 12.0. The van der Waals surface area contributed by atoms with Gasteiger partial charge >= 0.3 is 0 Å². The molecule has 1 atom stereocenters. The lowest BCUT2D eigenvalue weighted by atomic mass is 10.1. The molecule has 0 fully saturated rings. The molecule has 0 saturated carbocycles. The number of likely N-dealkylation sites (N-methyl/N-ethyl adjacent to an activating group) is 1. The predicted molar refractivity (Wildman–Crippen MR) is 83.3 cm³/mol. The summed E-state index contributed by atoms with van der Waals surface area (Å²) in [5.41, 5.74) is 0.731. The van der Waals surface area contributed by atoms with E-state index >= 15 is 0 Å². The summed E-state index contributed by atoms with van der Waals surface area (Å²) < 4.78 is 27.9. The molecule has 0 aromatic carbocycles. The van der Waals surface area contributed by atoms with Crippen molar-refractivity contribution in [3.8, 4) is 0 Å². The zero-order chi connectivity index (χ0) is 14.8. The van der Waals surface area contributed by atoms with Gasteiger partial charge in [-0.25, -0.2) is 8.42 Å². The molecule has 1 aromatic rings. The molecule has 0 amide bonds. The summed E-state index contributed by atoms with van der Waals surface area (Å²) in [6, 6.07) is 3.56. The van der Waals surface area contributed by atoms with Crippen LogP contribution >= 0.6 is 11.3 Å². The standard InChI is InChI=1S/C14H20N2O2S2/c1-11-9-10-14(19-11)20(17,18)15-12-7-5-4-6-8-13(12)16(2)3/h4-5,7,9-10,13,15H,6,8H2,1-3H3. The fourth-order valence-corrected chi connectivity index (χ4v) is 4.60. The molecule has 110 valence electrons. The largest absolute Gasteiger partial charge is 0.301 e. The van der Waals surface area contributed by atoms with Crippen LogP contribution in [0.15, 0.2) is 40.3 Å². The molecule has 1 unspecified atom stereocenters. The van der Waals surface area contributed by atoms with Crippen molar-refractivity contribution >= 4 is 21.4 Å². The van der Waals surface area contributed by atoms with Crippen molar-refractivity contribution in [2.24, 2.45) is 0 Å². The molecule has 1 heterocycles. The van der Waals surface area contributed by atoms with Gasteiger partial charge in [-0.2, -0.15) is 0 Å². The SMILES string of the molecule is Cc1ccc(S(=O)(=O)NC2=CC=CCCC2N(C)C)s1. The summed E-state index contributed by atoms with van der Waals surface area (Å²) in [7, 11) is 0.449. The Labute approximate surface area is 124 Å². The van der Waals surface area contributed by atoms with Gasteiger partial charge in [0.2, 0.25) is 0 Å². The highest BCUT2D eigenvalue weighted by Gasteiger charge is 2.23. The minimum absolute atomic E-state index is 0.0841. The summed E-state index contributed by atoms with van der Waals surface area (Å²) >= 11 is 1.29. The summed E-state index contributed by atoms with van der Waals surface area (Å²) in [6.45, 7) is 1.90. The molecule has 0 spiro atoms. The van der Waals surface area contributed by atoms with Crippen molar-refractivity contribution in [1.82, 2.24) is 9.62 Å². The van der Waals surface area contributed by atoms with E-state index in [4.69, 9.17) is 0 Å². The van der Waals surface area contributed by atoms with Gasteiger partial charge in [-0.05, 0) is 52.1 Å². The van der Waals surface area contributed by atoms with Crippen LogP contribution in [0.4, 0.5) is 0 Å². The summed E-state index contributed by atoms with van der Waals surface area (Å²) in [4.78, 5) is 3.03. The Hall–Kier alpha value is -1.11. The summed E-state index contributed by atoms with van der Waals surface area (Å²) in [5, 5.41) is 0. The van der Waals surface area contributed by atoms with Crippen LogP contribution in [0.3, 0.4) is 0 Å². The van der Waals surface area contributed by atoms with E-state index in [9.17, 15) is 8.42 Å². The maximum absolute atomic E-state index is 12.4. The number of thiophene rings is 1. The molecule has 0 bridgehead atoms. The van der Waals surface area contributed by atoms with E-state index in [2.05, 4.69) is 10.8 Å². The number of rotatable bonds is 4. The Morgan fingerprint density at radius 3 is 2.70 bits per heavy atom. The Morgan fingerprint density at radius 1 is 1.35 bits per heavy atom. The first-order valence-corrected chi connectivity index (χ1v) is 8.82. The normalized spacial score (nSPS) is 19.8. The quantitative estimate of drug-likeness (QED) is 0.929. The van der Waals surface area contributed by atoms with Gasteiger partial charge in [-0.1, -0.05) is 12.2 Å². The smallest absolute Gasteiger partial charge is 0.271 e. The monoisotopic (exact) mass is 312 g/mol. The van der Waals surface area contributed by atoms with Gasteiger partial charge in [0.1, 0.15) is 4.21 Å². The predicted octanol–water partition coefficient (Wildman–Crippen LogP) is 2.50. The molecule has 1 N–H and O–H groups in total. The van der Waals surface area contributed by atoms with Gasteiger partial charge in [0.15, 0.2) is 0 Å². The number of aryl methyl sites for hydroxylation is 1. The molecule has 1 aromatic heterocycles. The van der Waals surface area contributed by atoms with Crippen LogP contribution in [-0.2, 0) is 10.0 Å². The zero-order valence-corrected chi connectivity index (χ0v) is 13.6. The molecule has 20 heavy (non-hydrogen) atoms. The van der Waals surface area contributed by atoms with Crippen molar-refractivity contribution in [1.29, 1.82) is 0 Å². The summed E-state index contributed by atoms with van der Waals surface area (Å²) in [5.74, 6) is 0. The van der Waals surface area contributed by atoms with Gasteiger partial charge in [-0.3, -0.25) is 4.72 Å². The number of allylic oxidation sites excluding steroid dienone is 3. The highest BCUT2D eigenvalue weighted by Crippen LogP contribution is 2.23. The first kappa shape index (κ1) is 15.3. The van der Waals surface area contributed by atoms with Gasteiger partial charge < -0.3 is 4.90 Å². The Morgan fingerprint density at radius 2 is 2.10 bits per heavy atom. The number of sulfonamides is 1. The van der Waals surface area contributed by atoms with Crippen molar-refractivity contribution in [3.05, 3.63) is 40.9 Å². The van der Waals surface area contributed by atoms with Crippen LogP contribution in [-0.4, -0.2) is 33.5 Å². The highest BCUT2D eigenvalue weighted by molar-refractivity contribution is 7.91. The van der Waals surface area contributed by atoms with Gasteiger partial charge in [0.25, 0.3) is 10.0 Å². The third kappa shape index (κ3) is 3.50. The number of hydrogen-bond acceptors (Lipinski definition) is 4. The number of nitrogens with zero attached hydrogens (tertiary/aromatic N) is 1. The third-order valence-electron chi connectivity index (χ3n) is 3.23. The van der Waals surface area contributed by atoms with E-state index in [1.807, 2.05) is 44.1 Å². The summed E-state index contributed by atoms with van der Waals surface area (Å²) in [6.07, 6.45) is 7.69. The van der Waals surface area contributed by atoms with Crippen LogP contribution in [0.2, 0.25) is 0 Å². The fourth-order valence-electron chi connectivity index (χ4n) is 2.19. The molecule has 1 aliphatic rings. The Bertz CT molecular complexity index is 627.